The minimum Gasteiger partial charge on any atom is -0.335 e. The van der Waals surface area contributed by atoms with Crippen molar-refractivity contribution in [1.29, 1.82) is 0 Å². The van der Waals surface area contributed by atoms with Crippen LogP contribution in [-0.2, 0) is 10.0 Å². The van der Waals surface area contributed by atoms with Gasteiger partial charge in [-0.25, -0.2) is 8.42 Å². The molecule has 0 unspecified atom stereocenters. The van der Waals surface area contributed by atoms with Crippen molar-refractivity contribution in [3.05, 3.63) is 60.2 Å². The Labute approximate surface area is 191 Å². The normalized spacial score (nSPS) is 28.5. The first-order chi connectivity index (χ1) is 15.4. The van der Waals surface area contributed by atoms with Crippen LogP contribution in [-0.4, -0.2) is 38.9 Å². The Hall–Kier alpha value is -2.34. The topological polar surface area (TPSA) is 57.7 Å². The summed E-state index contributed by atoms with van der Waals surface area (Å²) in [5.41, 5.74) is 1.17. The zero-order chi connectivity index (χ0) is 22.5. The maximum atomic E-state index is 13.5. The Bertz CT molecular complexity index is 1050. The van der Waals surface area contributed by atoms with E-state index in [0.29, 0.717) is 35.7 Å². The molecule has 4 aliphatic carbocycles. The molecule has 0 N–H and O–H groups in total. The highest BCUT2D eigenvalue weighted by atomic mass is 32.2. The molecule has 1 amide bonds. The molecule has 0 aromatic heterocycles. The Kier molecular flexibility index (Phi) is 5.52. The molecule has 4 aliphatic rings. The number of hydrogen-bond acceptors (Lipinski definition) is 3. The van der Waals surface area contributed by atoms with Crippen molar-refractivity contribution in [3.63, 3.8) is 0 Å². The van der Waals surface area contributed by atoms with Gasteiger partial charge in [-0.1, -0.05) is 18.2 Å². The fraction of sp³-hybridized carbons (Fsp3) is 0.500. The summed E-state index contributed by atoms with van der Waals surface area (Å²) in [6.45, 7) is 2.76. The number of sulfonamides is 1. The Balaban J connectivity index is 1.36. The van der Waals surface area contributed by atoms with Gasteiger partial charge < -0.3 is 4.90 Å². The molecule has 4 saturated carbocycles. The van der Waals surface area contributed by atoms with E-state index in [1.165, 1.54) is 36.4 Å². The summed E-state index contributed by atoms with van der Waals surface area (Å²) in [6.07, 6.45) is 6.47. The second kappa shape index (κ2) is 8.22. The maximum absolute atomic E-state index is 13.5. The Morgan fingerprint density at radius 3 is 1.97 bits per heavy atom. The minimum atomic E-state index is -3.69. The van der Waals surface area contributed by atoms with Gasteiger partial charge >= 0.3 is 0 Å². The molecule has 0 atom stereocenters. The van der Waals surface area contributed by atoms with E-state index in [9.17, 15) is 13.2 Å². The molecule has 170 valence electrons. The summed E-state index contributed by atoms with van der Waals surface area (Å²) in [6, 6.07) is 15.8. The molecule has 4 bridgehead atoms. The van der Waals surface area contributed by atoms with Crippen molar-refractivity contribution in [2.45, 2.75) is 50.0 Å². The molecule has 6 rings (SSSR count). The molecule has 0 saturated heterocycles. The number of para-hydroxylation sites is 1. The van der Waals surface area contributed by atoms with Crippen molar-refractivity contribution in [2.24, 2.45) is 23.7 Å². The first-order valence-electron chi connectivity index (χ1n) is 11.8. The highest BCUT2D eigenvalue weighted by molar-refractivity contribution is 7.92. The number of amides is 1. The van der Waals surface area contributed by atoms with Crippen LogP contribution < -0.4 is 4.31 Å². The average Bonchev–Trinajstić information content (AvgIpc) is 2.80. The summed E-state index contributed by atoms with van der Waals surface area (Å²) in [5.74, 6) is 3.04. The highest BCUT2D eigenvalue weighted by Gasteiger charge is 2.50. The van der Waals surface area contributed by atoms with Crippen molar-refractivity contribution in [2.75, 3.05) is 17.9 Å². The molecule has 0 aliphatic heterocycles. The third kappa shape index (κ3) is 3.62. The van der Waals surface area contributed by atoms with Crippen molar-refractivity contribution in [1.82, 2.24) is 4.90 Å². The van der Waals surface area contributed by atoms with E-state index < -0.39 is 10.0 Å². The van der Waals surface area contributed by atoms with Crippen LogP contribution in [0.5, 0.6) is 0 Å². The second-order valence-electron chi connectivity index (χ2n) is 9.84. The number of hydrogen-bond donors (Lipinski definition) is 0. The number of rotatable bonds is 6. The van der Waals surface area contributed by atoms with Crippen molar-refractivity contribution in [3.8, 4) is 0 Å². The molecule has 0 heterocycles. The van der Waals surface area contributed by atoms with Gasteiger partial charge in [0.25, 0.3) is 15.9 Å². The zero-order valence-corrected chi connectivity index (χ0v) is 19.7. The van der Waals surface area contributed by atoms with Crippen molar-refractivity contribution < 1.29 is 13.2 Å². The van der Waals surface area contributed by atoms with Crippen LogP contribution in [0.15, 0.2) is 59.5 Å². The average molecular weight is 453 g/mol. The summed E-state index contributed by atoms with van der Waals surface area (Å²) in [5, 5.41) is 0. The molecule has 5 nitrogen and oxygen atoms in total. The minimum absolute atomic E-state index is 0.0327. The Morgan fingerprint density at radius 1 is 0.875 bits per heavy atom. The number of carbonyl (C=O) groups excluding carboxylic acids is 1. The monoisotopic (exact) mass is 452 g/mol. The van der Waals surface area contributed by atoms with E-state index in [2.05, 4.69) is 11.8 Å². The van der Waals surface area contributed by atoms with E-state index in [1.54, 1.807) is 43.4 Å². The van der Waals surface area contributed by atoms with E-state index in [-0.39, 0.29) is 10.8 Å². The van der Waals surface area contributed by atoms with Gasteiger partial charge in [0.15, 0.2) is 0 Å². The lowest BCUT2D eigenvalue weighted by Crippen LogP contribution is -2.57. The van der Waals surface area contributed by atoms with Gasteiger partial charge in [-0.15, -0.1) is 0 Å². The fourth-order valence-electron chi connectivity index (χ4n) is 6.77. The Morgan fingerprint density at radius 2 is 1.44 bits per heavy atom. The summed E-state index contributed by atoms with van der Waals surface area (Å²) >= 11 is 0. The first-order valence-corrected chi connectivity index (χ1v) is 13.3. The molecule has 0 radical (unpaired) electrons. The summed E-state index contributed by atoms with van der Waals surface area (Å²) in [7, 11) is -2.14. The number of benzene rings is 2. The van der Waals surface area contributed by atoms with Crippen LogP contribution in [0.3, 0.4) is 0 Å². The predicted octanol–water partition coefficient (Wildman–Crippen LogP) is 4.80. The standard InChI is InChI=1S/C26H32N2O3S/c1-3-28(25-21-14-18-13-19(16-21)17-22(25)15-18)26(29)20-9-11-24(12-10-20)32(30,31)27(2)23-7-5-4-6-8-23/h4-12,18-19,21-22,25H,3,13-17H2,1-2H3. The van der Waals surface area contributed by atoms with Gasteiger partial charge in [-0.05, 0) is 99.1 Å². The van der Waals surface area contributed by atoms with Crippen LogP contribution in [0, 0.1) is 23.7 Å². The van der Waals surface area contributed by atoms with Crippen molar-refractivity contribution >= 4 is 21.6 Å². The van der Waals surface area contributed by atoms with Gasteiger partial charge in [0.2, 0.25) is 0 Å². The lowest BCUT2D eigenvalue weighted by Gasteiger charge is -2.57. The smallest absolute Gasteiger partial charge is 0.264 e. The SMILES string of the molecule is CCN(C(=O)c1ccc(S(=O)(=O)N(C)c2ccccc2)cc1)C1C2CC3CC(C2)CC1C3. The van der Waals surface area contributed by atoms with E-state index >= 15 is 0 Å². The molecule has 6 heteroatoms. The third-order valence-corrected chi connectivity index (χ3v) is 9.82. The predicted molar refractivity (Wildman–Crippen MR) is 126 cm³/mol. The van der Waals surface area contributed by atoms with E-state index in [1.807, 2.05) is 18.2 Å². The van der Waals surface area contributed by atoms with Crippen LogP contribution in [0.25, 0.3) is 0 Å². The van der Waals surface area contributed by atoms with Gasteiger partial charge in [-0.3, -0.25) is 9.10 Å². The second-order valence-corrected chi connectivity index (χ2v) is 11.8. The molecule has 32 heavy (non-hydrogen) atoms. The maximum Gasteiger partial charge on any atom is 0.264 e. The van der Waals surface area contributed by atoms with Gasteiger partial charge in [0, 0.05) is 25.2 Å². The van der Waals surface area contributed by atoms with Crippen LogP contribution >= 0.6 is 0 Å². The van der Waals surface area contributed by atoms with Gasteiger partial charge in [0.1, 0.15) is 0 Å². The fourth-order valence-corrected chi connectivity index (χ4v) is 7.96. The summed E-state index contributed by atoms with van der Waals surface area (Å²) in [4.78, 5) is 15.8. The van der Waals surface area contributed by atoms with Crippen LogP contribution in [0.4, 0.5) is 5.69 Å². The quantitative estimate of drug-likeness (QED) is 0.633. The molecule has 0 spiro atoms. The molecular weight excluding hydrogens is 420 g/mol. The van der Waals surface area contributed by atoms with Crippen LogP contribution in [0.1, 0.15) is 49.4 Å². The van der Waals surface area contributed by atoms with Gasteiger partial charge in [0.05, 0.1) is 10.6 Å². The number of carbonyl (C=O) groups is 1. The number of nitrogens with zero attached hydrogens (tertiary/aromatic N) is 2. The van der Waals surface area contributed by atoms with Gasteiger partial charge in [-0.2, -0.15) is 0 Å². The van der Waals surface area contributed by atoms with E-state index in [0.717, 1.165) is 11.8 Å². The lowest BCUT2D eigenvalue weighted by molar-refractivity contribution is -0.0543. The molecule has 2 aromatic rings. The zero-order valence-electron chi connectivity index (χ0n) is 18.9. The summed E-state index contributed by atoms with van der Waals surface area (Å²) < 4.78 is 27.4. The third-order valence-electron chi connectivity index (χ3n) is 8.02. The number of anilines is 1. The highest BCUT2D eigenvalue weighted by Crippen LogP contribution is 2.55. The largest absolute Gasteiger partial charge is 0.335 e. The molecule has 4 fully saturated rings. The molecular formula is C26H32N2O3S. The van der Waals surface area contributed by atoms with Crippen LogP contribution in [0.2, 0.25) is 0 Å². The lowest BCUT2D eigenvalue weighted by atomic mass is 9.54. The first kappa shape index (κ1) is 21.5. The van der Waals surface area contributed by atoms with E-state index in [4.69, 9.17) is 0 Å². The molecule has 2 aromatic carbocycles.